The minimum Gasteiger partial charge on any atom is -0.497 e. The first-order valence-electron chi connectivity index (χ1n) is 9.09. The second-order valence-corrected chi connectivity index (χ2v) is 6.70. The highest BCUT2D eigenvalue weighted by Crippen LogP contribution is 2.26. The van der Waals surface area contributed by atoms with E-state index in [-0.39, 0.29) is 11.8 Å². The number of carbonyl (C=O) groups excluding carboxylic acids is 1. The van der Waals surface area contributed by atoms with Crippen molar-refractivity contribution in [3.05, 3.63) is 36.1 Å². The lowest BCUT2D eigenvalue weighted by molar-refractivity contribution is -0.120. The van der Waals surface area contributed by atoms with Gasteiger partial charge in [0.15, 0.2) is 5.82 Å². The van der Waals surface area contributed by atoms with E-state index in [1.54, 1.807) is 20.1 Å². The summed E-state index contributed by atoms with van der Waals surface area (Å²) in [6.07, 6.45) is 1.39. The maximum absolute atomic E-state index is 12.4. The first kappa shape index (κ1) is 18.0. The highest BCUT2D eigenvalue weighted by Gasteiger charge is 2.28. The quantitative estimate of drug-likeness (QED) is 0.717. The van der Waals surface area contributed by atoms with Gasteiger partial charge in [-0.1, -0.05) is 10.3 Å². The Hall–Kier alpha value is -3.36. The Morgan fingerprint density at radius 1 is 1.18 bits per heavy atom. The normalized spacial score (nSPS) is 14.9. The summed E-state index contributed by atoms with van der Waals surface area (Å²) >= 11 is 0. The van der Waals surface area contributed by atoms with Crippen LogP contribution in [0.25, 0.3) is 11.4 Å². The van der Waals surface area contributed by atoms with Gasteiger partial charge in [0.05, 0.1) is 7.11 Å². The molecule has 4 rings (SSSR count). The van der Waals surface area contributed by atoms with Crippen LogP contribution in [0.4, 0.5) is 11.8 Å². The van der Waals surface area contributed by atoms with Gasteiger partial charge in [0.25, 0.3) is 0 Å². The molecule has 1 aliphatic rings. The van der Waals surface area contributed by atoms with Gasteiger partial charge >= 0.3 is 6.01 Å². The van der Waals surface area contributed by atoms with Crippen LogP contribution in [0.5, 0.6) is 5.75 Å². The van der Waals surface area contributed by atoms with Crippen LogP contribution < -0.4 is 15.0 Å². The minimum atomic E-state index is -0.0859. The zero-order valence-corrected chi connectivity index (χ0v) is 15.7. The molecular weight excluding hydrogens is 362 g/mol. The predicted octanol–water partition coefficient (Wildman–Crippen LogP) is 2.90. The largest absolute Gasteiger partial charge is 0.497 e. The summed E-state index contributed by atoms with van der Waals surface area (Å²) in [5.41, 5.74) is 0.855. The molecule has 1 aromatic carbocycles. The standard InChI is InChI=1S/C19H21N5O4/c1-12-11-16(22-27-12)20-18(25)14-7-9-24(10-8-14)19-21-17(23-28-19)13-3-5-15(26-2)6-4-13/h3-6,11,14H,7-10H2,1-2H3,(H,20,22,25). The second-order valence-electron chi connectivity index (χ2n) is 6.70. The van der Waals surface area contributed by atoms with Crippen molar-refractivity contribution in [2.75, 3.05) is 30.4 Å². The third kappa shape index (κ3) is 3.83. The van der Waals surface area contributed by atoms with Gasteiger partial charge in [-0.05, 0) is 44.0 Å². The van der Waals surface area contributed by atoms with Crippen molar-refractivity contribution in [3.8, 4) is 17.1 Å². The molecule has 1 fully saturated rings. The maximum atomic E-state index is 12.4. The highest BCUT2D eigenvalue weighted by atomic mass is 16.5. The summed E-state index contributed by atoms with van der Waals surface area (Å²) in [4.78, 5) is 18.9. The molecule has 9 heteroatoms. The fraction of sp³-hybridized carbons (Fsp3) is 0.368. The molecule has 0 saturated carbocycles. The number of piperidine rings is 1. The SMILES string of the molecule is COc1ccc(-c2noc(N3CCC(C(=O)Nc4cc(C)on4)CC3)n2)cc1. The van der Waals surface area contributed by atoms with Crippen molar-refractivity contribution >= 4 is 17.7 Å². The molecule has 0 bridgehead atoms. The van der Waals surface area contributed by atoms with Crippen LogP contribution in [-0.2, 0) is 4.79 Å². The number of rotatable bonds is 5. The number of amides is 1. The molecule has 0 aliphatic carbocycles. The minimum absolute atomic E-state index is 0.0441. The molecule has 0 spiro atoms. The molecule has 0 atom stereocenters. The van der Waals surface area contributed by atoms with Crippen molar-refractivity contribution in [3.63, 3.8) is 0 Å². The molecule has 9 nitrogen and oxygen atoms in total. The Balaban J connectivity index is 1.34. The van der Waals surface area contributed by atoms with Crippen LogP contribution in [-0.4, -0.2) is 41.4 Å². The van der Waals surface area contributed by atoms with E-state index in [4.69, 9.17) is 13.8 Å². The second kappa shape index (κ2) is 7.71. The molecule has 2 aromatic heterocycles. The average molecular weight is 383 g/mol. The lowest BCUT2D eigenvalue weighted by Crippen LogP contribution is -2.38. The molecule has 146 valence electrons. The molecule has 1 saturated heterocycles. The predicted molar refractivity (Wildman–Crippen MR) is 101 cm³/mol. The molecular formula is C19H21N5O4. The van der Waals surface area contributed by atoms with Gasteiger partial charge in [-0.3, -0.25) is 4.79 Å². The van der Waals surface area contributed by atoms with E-state index in [1.165, 1.54) is 0 Å². The maximum Gasteiger partial charge on any atom is 0.324 e. The Bertz CT molecular complexity index is 941. The van der Waals surface area contributed by atoms with Gasteiger partial charge in [-0.25, -0.2) is 0 Å². The molecule has 1 N–H and O–H groups in total. The summed E-state index contributed by atoms with van der Waals surface area (Å²) in [5, 5.41) is 10.7. The van der Waals surface area contributed by atoms with E-state index >= 15 is 0 Å². The molecule has 3 heterocycles. The van der Waals surface area contributed by atoms with Crippen LogP contribution in [0.3, 0.4) is 0 Å². The van der Waals surface area contributed by atoms with E-state index in [0.29, 0.717) is 49.3 Å². The van der Waals surface area contributed by atoms with Gasteiger partial charge in [-0.15, -0.1) is 0 Å². The van der Waals surface area contributed by atoms with Gasteiger partial charge in [-0.2, -0.15) is 4.98 Å². The van der Waals surface area contributed by atoms with E-state index < -0.39 is 0 Å². The highest BCUT2D eigenvalue weighted by molar-refractivity contribution is 5.91. The van der Waals surface area contributed by atoms with E-state index in [0.717, 1.165) is 11.3 Å². The van der Waals surface area contributed by atoms with Crippen molar-refractivity contribution in [1.29, 1.82) is 0 Å². The number of aryl methyl sites for hydroxylation is 1. The number of methoxy groups -OCH3 is 1. The Morgan fingerprint density at radius 2 is 1.93 bits per heavy atom. The Labute approximate surface area is 161 Å². The van der Waals surface area contributed by atoms with Gasteiger partial charge < -0.3 is 24.0 Å². The van der Waals surface area contributed by atoms with Crippen LogP contribution in [0.1, 0.15) is 18.6 Å². The number of aromatic nitrogens is 3. The van der Waals surface area contributed by atoms with Crippen molar-refractivity contribution in [2.45, 2.75) is 19.8 Å². The first-order valence-corrected chi connectivity index (χ1v) is 9.09. The van der Waals surface area contributed by atoms with Crippen LogP contribution in [0.2, 0.25) is 0 Å². The lowest BCUT2D eigenvalue weighted by atomic mass is 9.96. The number of ether oxygens (including phenoxy) is 1. The third-order valence-corrected chi connectivity index (χ3v) is 4.78. The van der Waals surface area contributed by atoms with Crippen LogP contribution in [0.15, 0.2) is 39.4 Å². The molecule has 0 unspecified atom stereocenters. The Morgan fingerprint density at radius 3 is 2.57 bits per heavy atom. The number of benzene rings is 1. The summed E-state index contributed by atoms with van der Waals surface area (Å²) in [7, 11) is 1.62. The smallest absolute Gasteiger partial charge is 0.324 e. The van der Waals surface area contributed by atoms with E-state index in [1.807, 2.05) is 29.2 Å². The van der Waals surface area contributed by atoms with Crippen LogP contribution in [0, 0.1) is 12.8 Å². The van der Waals surface area contributed by atoms with Crippen molar-refractivity contribution in [2.24, 2.45) is 5.92 Å². The zero-order chi connectivity index (χ0) is 19.5. The fourth-order valence-corrected chi connectivity index (χ4v) is 3.19. The van der Waals surface area contributed by atoms with E-state index in [2.05, 4.69) is 20.6 Å². The number of hydrogen-bond acceptors (Lipinski definition) is 8. The Kier molecular flexibility index (Phi) is 4.96. The summed E-state index contributed by atoms with van der Waals surface area (Å²) in [6.45, 7) is 3.12. The molecule has 1 aliphatic heterocycles. The van der Waals surface area contributed by atoms with E-state index in [9.17, 15) is 4.79 Å². The average Bonchev–Trinajstić information content (AvgIpc) is 3.37. The molecule has 0 radical (unpaired) electrons. The zero-order valence-electron chi connectivity index (χ0n) is 15.7. The summed E-state index contributed by atoms with van der Waals surface area (Å²) in [5.74, 6) is 2.28. The summed E-state index contributed by atoms with van der Waals surface area (Å²) < 4.78 is 15.6. The number of carbonyl (C=O) groups is 1. The number of hydrogen-bond donors (Lipinski definition) is 1. The van der Waals surface area contributed by atoms with Crippen LogP contribution >= 0.6 is 0 Å². The molecule has 3 aromatic rings. The van der Waals surface area contributed by atoms with Gasteiger partial charge in [0.1, 0.15) is 11.5 Å². The fourth-order valence-electron chi connectivity index (χ4n) is 3.19. The summed E-state index contributed by atoms with van der Waals surface area (Å²) in [6, 6.07) is 9.65. The van der Waals surface area contributed by atoms with Crippen molar-refractivity contribution < 1.29 is 18.6 Å². The lowest BCUT2D eigenvalue weighted by Gasteiger charge is -2.29. The number of nitrogens with one attached hydrogen (secondary N) is 1. The molecule has 1 amide bonds. The molecule has 28 heavy (non-hydrogen) atoms. The van der Waals surface area contributed by atoms with Gasteiger partial charge in [0.2, 0.25) is 11.7 Å². The van der Waals surface area contributed by atoms with Crippen molar-refractivity contribution in [1.82, 2.24) is 15.3 Å². The number of anilines is 2. The third-order valence-electron chi connectivity index (χ3n) is 4.78. The topological polar surface area (TPSA) is 107 Å². The monoisotopic (exact) mass is 383 g/mol. The number of nitrogens with zero attached hydrogens (tertiary/aromatic N) is 4. The first-order chi connectivity index (χ1) is 13.6. The van der Waals surface area contributed by atoms with Gasteiger partial charge in [0, 0.05) is 30.6 Å².